The summed E-state index contributed by atoms with van der Waals surface area (Å²) in [4.78, 5) is 2.29. The molecule has 3 unspecified atom stereocenters. The quantitative estimate of drug-likeness (QED) is 0.621. The summed E-state index contributed by atoms with van der Waals surface area (Å²) in [6.45, 7) is 17.5. The lowest BCUT2D eigenvalue weighted by molar-refractivity contribution is 0.217. The summed E-state index contributed by atoms with van der Waals surface area (Å²) in [6, 6.07) is 0.578. The van der Waals surface area contributed by atoms with Crippen LogP contribution in [-0.2, 0) is 0 Å². The van der Waals surface area contributed by atoms with Crippen molar-refractivity contribution in [3.63, 3.8) is 0 Å². The minimum absolute atomic E-state index is 0.578. The Morgan fingerprint density at radius 1 is 1.29 bits per heavy atom. The zero-order valence-corrected chi connectivity index (χ0v) is 12.7. The lowest BCUT2D eigenvalue weighted by Gasteiger charge is -2.33. The van der Waals surface area contributed by atoms with Crippen molar-refractivity contribution in [1.82, 2.24) is 10.2 Å². The summed E-state index contributed by atoms with van der Waals surface area (Å²) in [5.41, 5.74) is 1.16. The average Bonchev–Trinajstić information content (AvgIpc) is 2.27. The van der Waals surface area contributed by atoms with Crippen molar-refractivity contribution in [3.05, 3.63) is 12.3 Å². The van der Waals surface area contributed by atoms with Crippen LogP contribution in [0.2, 0.25) is 0 Å². The van der Waals surface area contributed by atoms with E-state index in [-0.39, 0.29) is 0 Å². The van der Waals surface area contributed by atoms with Crippen LogP contribution < -0.4 is 5.32 Å². The minimum atomic E-state index is 0.578. The molecule has 3 atom stereocenters. The molecule has 1 N–H and O–H groups in total. The van der Waals surface area contributed by atoms with Gasteiger partial charge in [0, 0.05) is 18.8 Å². The smallest absolute Gasteiger partial charge is 0.0280 e. The van der Waals surface area contributed by atoms with Gasteiger partial charge in [0.15, 0.2) is 0 Å². The first-order valence-electron chi connectivity index (χ1n) is 6.99. The van der Waals surface area contributed by atoms with Crippen LogP contribution in [0.5, 0.6) is 0 Å². The van der Waals surface area contributed by atoms with Gasteiger partial charge < -0.3 is 10.2 Å². The minimum Gasteiger partial charge on any atom is -0.376 e. The van der Waals surface area contributed by atoms with Crippen molar-refractivity contribution in [3.8, 4) is 0 Å². The fourth-order valence-corrected chi connectivity index (χ4v) is 2.20. The van der Waals surface area contributed by atoms with E-state index in [1.807, 2.05) is 0 Å². The van der Waals surface area contributed by atoms with E-state index < -0.39 is 0 Å². The highest BCUT2D eigenvalue weighted by Crippen LogP contribution is 2.22. The van der Waals surface area contributed by atoms with Crippen LogP contribution in [0.1, 0.15) is 47.5 Å². The van der Waals surface area contributed by atoms with Crippen molar-refractivity contribution in [2.75, 3.05) is 20.1 Å². The molecular weight excluding hydrogens is 208 g/mol. The third kappa shape index (κ3) is 6.72. The molecule has 17 heavy (non-hydrogen) atoms. The maximum Gasteiger partial charge on any atom is 0.0280 e. The van der Waals surface area contributed by atoms with E-state index in [0.29, 0.717) is 12.0 Å². The number of hydrogen-bond donors (Lipinski definition) is 1. The number of nitrogens with one attached hydrogen (secondary N) is 1. The highest BCUT2D eigenvalue weighted by molar-refractivity contribution is 4.90. The van der Waals surface area contributed by atoms with Crippen LogP contribution in [0, 0.1) is 11.8 Å². The Morgan fingerprint density at radius 3 is 2.35 bits per heavy atom. The van der Waals surface area contributed by atoms with E-state index in [0.717, 1.165) is 24.7 Å². The van der Waals surface area contributed by atoms with E-state index in [1.54, 1.807) is 0 Å². The van der Waals surface area contributed by atoms with Crippen LogP contribution >= 0.6 is 0 Å². The molecule has 0 aromatic rings. The van der Waals surface area contributed by atoms with Gasteiger partial charge in [0.1, 0.15) is 0 Å². The fourth-order valence-electron chi connectivity index (χ4n) is 2.20. The van der Waals surface area contributed by atoms with Gasteiger partial charge in [-0.3, -0.25) is 0 Å². The Labute approximate surface area is 108 Å². The number of rotatable bonds is 9. The highest BCUT2D eigenvalue weighted by atomic mass is 15.1. The van der Waals surface area contributed by atoms with Crippen molar-refractivity contribution < 1.29 is 0 Å². The molecule has 0 aliphatic rings. The molecule has 0 saturated heterocycles. The maximum absolute atomic E-state index is 4.01. The van der Waals surface area contributed by atoms with Gasteiger partial charge in [-0.05, 0) is 51.6 Å². The van der Waals surface area contributed by atoms with Crippen LogP contribution in [0.25, 0.3) is 0 Å². The normalized spacial score (nSPS) is 16.4. The van der Waals surface area contributed by atoms with Gasteiger partial charge in [-0.2, -0.15) is 0 Å². The third-order valence-corrected chi connectivity index (χ3v) is 3.87. The van der Waals surface area contributed by atoms with Gasteiger partial charge >= 0.3 is 0 Å². The summed E-state index contributed by atoms with van der Waals surface area (Å²) in [5, 5.41) is 3.40. The first-order chi connectivity index (χ1) is 7.90. The lowest BCUT2D eigenvalue weighted by atomic mass is 9.89. The van der Waals surface area contributed by atoms with E-state index in [4.69, 9.17) is 0 Å². The zero-order valence-electron chi connectivity index (χ0n) is 12.7. The molecule has 0 aliphatic carbocycles. The zero-order chi connectivity index (χ0) is 13.4. The standard InChI is InChI=1S/C15H32N2/c1-8-16-10-9-13(4)11-14(5)15(6)17(7)12(2)3/h13-16H,2,8-11H2,1,3-7H3. The van der Waals surface area contributed by atoms with Crippen molar-refractivity contribution in [2.24, 2.45) is 11.8 Å². The Morgan fingerprint density at radius 2 is 1.88 bits per heavy atom. The predicted molar refractivity (Wildman–Crippen MR) is 78.1 cm³/mol. The van der Waals surface area contributed by atoms with Crippen molar-refractivity contribution in [1.29, 1.82) is 0 Å². The molecule has 0 aliphatic heterocycles. The second-order valence-corrected chi connectivity index (χ2v) is 5.55. The number of allylic oxidation sites excluding steroid dienone is 1. The van der Waals surface area contributed by atoms with E-state index in [2.05, 4.69) is 58.5 Å². The first kappa shape index (κ1) is 16.5. The van der Waals surface area contributed by atoms with Gasteiger partial charge in [-0.25, -0.2) is 0 Å². The van der Waals surface area contributed by atoms with E-state index in [1.165, 1.54) is 12.8 Å². The summed E-state index contributed by atoms with van der Waals surface area (Å²) in [7, 11) is 2.15. The Kier molecular flexibility index (Phi) is 8.32. The van der Waals surface area contributed by atoms with Gasteiger partial charge in [0.2, 0.25) is 0 Å². The van der Waals surface area contributed by atoms with Gasteiger partial charge in [0.25, 0.3) is 0 Å². The Bertz CT molecular complexity index is 213. The van der Waals surface area contributed by atoms with Gasteiger partial charge in [-0.15, -0.1) is 0 Å². The molecule has 0 heterocycles. The molecular formula is C15H32N2. The second kappa shape index (κ2) is 8.57. The van der Waals surface area contributed by atoms with Crippen LogP contribution in [0.3, 0.4) is 0 Å². The monoisotopic (exact) mass is 240 g/mol. The topological polar surface area (TPSA) is 15.3 Å². The largest absolute Gasteiger partial charge is 0.376 e. The third-order valence-electron chi connectivity index (χ3n) is 3.87. The van der Waals surface area contributed by atoms with Gasteiger partial charge in [-0.1, -0.05) is 27.4 Å². The summed E-state index contributed by atoms with van der Waals surface area (Å²) < 4.78 is 0. The molecule has 0 spiro atoms. The predicted octanol–water partition coefficient (Wildman–Crippen LogP) is 3.50. The summed E-state index contributed by atoms with van der Waals surface area (Å²) >= 11 is 0. The van der Waals surface area contributed by atoms with Gasteiger partial charge in [0.05, 0.1) is 0 Å². The Balaban J connectivity index is 3.97. The maximum atomic E-state index is 4.01. The average molecular weight is 240 g/mol. The summed E-state index contributed by atoms with van der Waals surface area (Å²) in [5.74, 6) is 1.51. The Hall–Kier alpha value is -0.500. The van der Waals surface area contributed by atoms with E-state index >= 15 is 0 Å². The molecule has 0 bridgehead atoms. The molecule has 0 fully saturated rings. The number of hydrogen-bond acceptors (Lipinski definition) is 2. The highest BCUT2D eigenvalue weighted by Gasteiger charge is 2.18. The SMILES string of the molecule is C=C(C)N(C)C(C)C(C)CC(C)CCNCC. The molecule has 0 aromatic carbocycles. The second-order valence-electron chi connectivity index (χ2n) is 5.55. The van der Waals surface area contributed by atoms with Crippen LogP contribution in [0.15, 0.2) is 12.3 Å². The van der Waals surface area contributed by atoms with Crippen molar-refractivity contribution >= 4 is 0 Å². The fraction of sp³-hybridized carbons (Fsp3) is 0.867. The molecule has 2 nitrogen and oxygen atoms in total. The van der Waals surface area contributed by atoms with Crippen LogP contribution in [-0.4, -0.2) is 31.1 Å². The van der Waals surface area contributed by atoms with Crippen molar-refractivity contribution in [2.45, 2.75) is 53.5 Å². The van der Waals surface area contributed by atoms with Crippen LogP contribution in [0.4, 0.5) is 0 Å². The molecule has 0 aromatic heterocycles. The first-order valence-corrected chi connectivity index (χ1v) is 6.99. The summed E-state index contributed by atoms with van der Waals surface area (Å²) in [6.07, 6.45) is 2.58. The molecule has 0 saturated carbocycles. The molecule has 2 heteroatoms. The molecule has 0 radical (unpaired) electrons. The molecule has 0 rings (SSSR count). The molecule has 0 amide bonds. The lowest BCUT2D eigenvalue weighted by Crippen LogP contribution is -2.33. The van der Waals surface area contributed by atoms with E-state index in [9.17, 15) is 0 Å². The molecule has 102 valence electrons. The number of nitrogens with zero attached hydrogens (tertiary/aromatic N) is 1.